The molecule has 0 radical (unpaired) electrons. The number of piperazine rings is 1. The average Bonchev–Trinajstić information content (AvgIpc) is 3.52. The molecule has 38 heavy (non-hydrogen) atoms. The van der Waals surface area contributed by atoms with Crippen LogP contribution < -0.4 is 9.64 Å². The average molecular weight is 509 g/mol. The molecular weight excluding hydrogens is 472 g/mol. The van der Waals surface area contributed by atoms with Crippen LogP contribution in [0.25, 0.3) is 44.8 Å². The van der Waals surface area contributed by atoms with E-state index in [2.05, 4.69) is 96.1 Å². The first-order valence-electron chi connectivity index (χ1n) is 13.5. The number of anilines is 1. The Bertz CT molecular complexity index is 1550. The molecule has 1 saturated heterocycles. The molecule has 7 nitrogen and oxygen atoms in total. The van der Waals surface area contributed by atoms with E-state index in [0.717, 1.165) is 89.8 Å². The second-order valence-corrected chi connectivity index (χ2v) is 11.6. The Hall–Kier alpha value is -3.84. The van der Waals surface area contributed by atoms with E-state index in [0.29, 0.717) is 0 Å². The van der Waals surface area contributed by atoms with E-state index in [9.17, 15) is 0 Å². The number of hydrogen-bond donors (Lipinski definition) is 2. The van der Waals surface area contributed by atoms with Gasteiger partial charge < -0.3 is 24.5 Å². The van der Waals surface area contributed by atoms with Gasteiger partial charge in [0.2, 0.25) is 0 Å². The molecule has 3 heterocycles. The van der Waals surface area contributed by atoms with Crippen molar-refractivity contribution in [2.75, 3.05) is 44.7 Å². The zero-order valence-corrected chi connectivity index (χ0v) is 22.7. The molecule has 0 atom stereocenters. The molecule has 0 unspecified atom stereocenters. The maximum absolute atomic E-state index is 5.92. The molecule has 0 bridgehead atoms. The third-order valence-electron chi connectivity index (χ3n) is 7.34. The first-order valence-corrected chi connectivity index (χ1v) is 13.5. The van der Waals surface area contributed by atoms with Crippen LogP contribution in [0.3, 0.4) is 0 Å². The fraction of sp³-hybridized carbons (Fsp3) is 0.355. The number of ether oxygens (including phenoxy) is 1. The highest BCUT2D eigenvalue weighted by Gasteiger charge is 2.16. The number of nitrogens with one attached hydrogen (secondary N) is 2. The maximum atomic E-state index is 5.92. The third-order valence-corrected chi connectivity index (χ3v) is 7.34. The molecule has 1 aliphatic heterocycles. The quantitative estimate of drug-likeness (QED) is 0.280. The molecule has 196 valence electrons. The van der Waals surface area contributed by atoms with Crippen molar-refractivity contribution >= 4 is 27.8 Å². The van der Waals surface area contributed by atoms with Crippen molar-refractivity contribution in [2.45, 2.75) is 27.2 Å². The van der Waals surface area contributed by atoms with Crippen LogP contribution in [-0.4, -0.2) is 64.7 Å². The molecule has 2 N–H and O–H groups in total. The number of hydrogen-bond acceptors (Lipinski definition) is 5. The summed E-state index contributed by atoms with van der Waals surface area (Å²) < 4.78 is 5.92. The van der Waals surface area contributed by atoms with Gasteiger partial charge in [-0.1, -0.05) is 20.8 Å². The third kappa shape index (κ3) is 5.24. The number of fused-ring (bicyclic) bond motifs is 2. The number of rotatable bonds is 6. The minimum atomic E-state index is 0.267. The van der Waals surface area contributed by atoms with Crippen molar-refractivity contribution < 1.29 is 4.74 Å². The Morgan fingerprint density at radius 3 is 2.05 bits per heavy atom. The highest BCUT2D eigenvalue weighted by molar-refractivity contribution is 5.87. The molecule has 2 aromatic heterocycles. The van der Waals surface area contributed by atoms with Gasteiger partial charge in [0.1, 0.15) is 17.4 Å². The van der Waals surface area contributed by atoms with Crippen LogP contribution in [0, 0.1) is 5.41 Å². The second kappa shape index (κ2) is 9.80. The summed E-state index contributed by atoms with van der Waals surface area (Å²) in [5, 5.41) is 0. The normalized spacial score (nSPS) is 15.0. The van der Waals surface area contributed by atoms with E-state index < -0.39 is 0 Å². The van der Waals surface area contributed by atoms with Gasteiger partial charge in [0.05, 0.1) is 28.7 Å². The summed E-state index contributed by atoms with van der Waals surface area (Å²) in [4.78, 5) is 21.5. The van der Waals surface area contributed by atoms with Gasteiger partial charge in [0.15, 0.2) is 0 Å². The molecule has 0 amide bonds. The lowest BCUT2D eigenvalue weighted by Gasteiger charge is -2.34. The Morgan fingerprint density at radius 2 is 1.37 bits per heavy atom. The number of nitrogens with zero attached hydrogens (tertiary/aromatic N) is 4. The molecule has 0 spiro atoms. The second-order valence-electron chi connectivity index (χ2n) is 11.6. The molecular formula is C31H36N6O. The van der Waals surface area contributed by atoms with Crippen LogP contribution in [0.4, 0.5) is 5.69 Å². The van der Waals surface area contributed by atoms with Crippen LogP contribution in [0.5, 0.6) is 5.75 Å². The molecule has 6 rings (SSSR count). The van der Waals surface area contributed by atoms with Crippen molar-refractivity contribution in [1.29, 1.82) is 0 Å². The van der Waals surface area contributed by atoms with E-state index in [1.54, 1.807) is 0 Å². The first kappa shape index (κ1) is 24.5. The lowest BCUT2D eigenvalue weighted by atomic mass is 9.93. The summed E-state index contributed by atoms with van der Waals surface area (Å²) >= 11 is 0. The maximum Gasteiger partial charge on any atom is 0.138 e. The van der Waals surface area contributed by atoms with E-state index in [1.165, 1.54) is 5.69 Å². The van der Waals surface area contributed by atoms with Gasteiger partial charge in [0.25, 0.3) is 0 Å². The molecule has 0 saturated carbocycles. The summed E-state index contributed by atoms with van der Waals surface area (Å²) in [5.74, 6) is 2.60. The standard InChI is InChI=1S/C31H36N6O/c1-31(2,3)13-18-38-24-9-5-21(6-10-24)29-32-25-11-7-22(19-27(25)34-29)30-33-26-12-8-23(20-28(26)35-30)37-16-14-36(4)15-17-37/h5-12,19-20H,13-18H2,1-4H3,(H,32,34)(H,33,35). The van der Waals surface area contributed by atoms with Gasteiger partial charge in [-0.25, -0.2) is 9.97 Å². The summed E-state index contributed by atoms with van der Waals surface area (Å²) in [6.45, 7) is 11.7. The van der Waals surface area contributed by atoms with E-state index in [4.69, 9.17) is 14.7 Å². The van der Waals surface area contributed by atoms with Crippen molar-refractivity contribution in [1.82, 2.24) is 24.8 Å². The predicted octanol–water partition coefficient (Wildman–Crippen LogP) is 6.34. The van der Waals surface area contributed by atoms with Gasteiger partial charge in [-0.3, -0.25) is 0 Å². The molecule has 0 aliphatic carbocycles. The number of imidazole rings is 2. The van der Waals surface area contributed by atoms with Crippen molar-refractivity contribution in [2.24, 2.45) is 5.41 Å². The topological polar surface area (TPSA) is 73.1 Å². The fourth-order valence-corrected chi connectivity index (χ4v) is 4.87. The van der Waals surface area contributed by atoms with Gasteiger partial charge in [0, 0.05) is 43.0 Å². The molecule has 7 heteroatoms. The van der Waals surface area contributed by atoms with Gasteiger partial charge in [-0.2, -0.15) is 0 Å². The van der Waals surface area contributed by atoms with E-state index >= 15 is 0 Å². The van der Waals surface area contributed by atoms with Crippen molar-refractivity contribution in [3.05, 3.63) is 60.7 Å². The van der Waals surface area contributed by atoms with Gasteiger partial charge in [-0.05, 0) is 79.5 Å². The summed E-state index contributed by atoms with van der Waals surface area (Å²) in [5.41, 5.74) is 7.55. The van der Waals surface area contributed by atoms with Crippen LogP contribution >= 0.6 is 0 Å². The highest BCUT2D eigenvalue weighted by atomic mass is 16.5. The SMILES string of the molecule is CN1CCN(c2ccc3nc(-c4ccc5nc(-c6ccc(OCCC(C)(C)C)cc6)[nH]c5c4)[nH]c3c2)CC1. The fourth-order valence-electron chi connectivity index (χ4n) is 4.87. The van der Waals surface area contributed by atoms with Gasteiger partial charge in [-0.15, -0.1) is 0 Å². The monoisotopic (exact) mass is 508 g/mol. The largest absolute Gasteiger partial charge is 0.494 e. The summed E-state index contributed by atoms with van der Waals surface area (Å²) in [6.07, 6.45) is 1.02. The van der Waals surface area contributed by atoms with Crippen LogP contribution in [0.15, 0.2) is 60.7 Å². The lowest BCUT2D eigenvalue weighted by molar-refractivity contribution is 0.243. The minimum Gasteiger partial charge on any atom is -0.494 e. The van der Waals surface area contributed by atoms with E-state index in [1.807, 2.05) is 12.1 Å². The Labute approximate surface area is 223 Å². The van der Waals surface area contributed by atoms with Gasteiger partial charge >= 0.3 is 0 Å². The summed E-state index contributed by atoms with van der Waals surface area (Å²) in [7, 11) is 2.18. The van der Waals surface area contributed by atoms with Crippen LogP contribution in [-0.2, 0) is 0 Å². The summed E-state index contributed by atoms with van der Waals surface area (Å²) in [6, 6.07) is 20.9. The number of aromatic nitrogens is 4. The predicted molar refractivity (Wildman–Crippen MR) is 156 cm³/mol. The lowest BCUT2D eigenvalue weighted by Crippen LogP contribution is -2.44. The number of benzene rings is 3. The van der Waals surface area contributed by atoms with Crippen molar-refractivity contribution in [3.8, 4) is 28.5 Å². The van der Waals surface area contributed by atoms with Crippen LogP contribution in [0.1, 0.15) is 27.2 Å². The Morgan fingerprint density at radius 1 is 0.763 bits per heavy atom. The Balaban J connectivity index is 1.20. The molecule has 1 fully saturated rings. The molecule has 3 aromatic carbocycles. The van der Waals surface area contributed by atoms with Crippen LogP contribution in [0.2, 0.25) is 0 Å². The smallest absolute Gasteiger partial charge is 0.138 e. The number of likely N-dealkylation sites (N-methyl/N-ethyl adjacent to an activating group) is 1. The zero-order valence-electron chi connectivity index (χ0n) is 22.7. The first-order chi connectivity index (χ1) is 18.3. The van der Waals surface area contributed by atoms with Crippen molar-refractivity contribution in [3.63, 3.8) is 0 Å². The molecule has 5 aromatic rings. The Kier molecular flexibility index (Phi) is 6.32. The number of H-pyrrole nitrogens is 2. The molecule has 1 aliphatic rings. The zero-order chi connectivity index (χ0) is 26.3. The van der Waals surface area contributed by atoms with E-state index in [-0.39, 0.29) is 5.41 Å². The minimum absolute atomic E-state index is 0.267. The number of aromatic amines is 2. The highest BCUT2D eigenvalue weighted by Crippen LogP contribution is 2.29.